The van der Waals surface area contributed by atoms with Gasteiger partial charge in [-0.2, -0.15) is 5.10 Å². The van der Waals surface area contributed by atoms with Gasteiger partial charge in [0.1, 0.15) is 0 Å². The molecule has 1 saturated heterocycles. The summed E-state index contributed by atoms with van der Waals surface area (Å²) in [7, 11) is 1.61. The van der Waals surface area contributed by atoms with Gasteiger partial charge in [-0.1, -0.05) is 12.1 Å². The number of carbonyl (C=O) groups excluding carboxylic acids is 2. The van der Waals surface area contributed by atoms with Crippen LogP contribution in [-0.2, 0) is 17.7 Å². The van der Waals surface area contributed by atoms with Crippen LogP contribution in [0.25, 0.3) is 10.9 Å². The van der Waals surface area contributed by atoms with E-state index >= 15 is 0 Å². The second-order valence-corrected chi connectivity index (χ2v) is 9.76. The molecule has 36 heavy (non-hydrogen) atoms. The molecule has 1 aliphatic rings. The molecule has 0 spiro atoms. The average molecular weight is 493 g/mol. The molecule has 0 radical (unpaired) electrons. The molecule has 1 unspecified atom stereocenters. The summed E-state index contributed by atoms with van der Waals surface area (Å²) in [6.45, 7) is 6.92. The zero-order valence-electron chi connectivity index (χ0n) is 21.4. The minimum Gasteiger partial charge on any atom is -0.393 e. The first-order valence-corrected chi connectivity index (χ1v) is 12.7. The van der Waals surface area contributed by atoms with Crippen molar-refractivity contribution in [1.29, 1.82) is 0 Å². The average Bonchev–Trinajstić information content (AvgIpc) is 3.28. The predicted octanol–water partition coefficient (Wildman–Crippen LogP) is 3.20. The summed E-state index contributed by atoms with van der Waals surface area (Å²) in [5.74, 6) is 0.400. The van der Waals surface area contributed by atoms with Crippen molar-refractivity contribution >= 4 is 22.7 Å². The van der Waals surface area contributed by atoms with Crippen molar-refractivity contribution in [2.45, 2.75) is 45.8 Å². The Morgan fingerprint density at radius 2 is 1.89 bits per heavy atom. The van der Waals surface area contributed by atoms with Crippen LogP contribution in [0.3, 0.4) is 0 Å². The van der Waals surface area contributed by atoms with Gasteiger partial charge in [0.05, 0.1) is 18.2 Å². The summed E-state index contributed by atoms with van der Waals surface area (Å²) in [6, 6.07) is 11.3. The number of aliphatic hydroxyl groups is 1. The Labute approximate surface area is 212 Å². The number of nitrogens with one attached hydrogen (secondary N) is 1. The smallest absolute Gasteiger partial charge is 0.253 e. The van der Waals surface area contributed by atoms with E-state index in [0.29, 0.717) is 36.6 Å². The molecule has 1 atom stereocenters. The van der Waals surface area contributed by atoms with Crippen LogP contribution in [-0.4, -0.2) is 71.1 Å². The van der Waals surface area contributed by atoms with E-state index in [0.717, 1.165) is 54.5 Å². The van der Waals surface area contributed by atoms with Crippen molar-refractivity contribution in [2.24, 2.45) is 5.92 Å². The molecule has 3 aromatic rings. The van der Waals surface area contributed by atoms with Crippen LogP contribution in [0, 0.1) is 12.8 Å². The van der Waals surface area contributed by atoms with Gasteiger partial charge in [-0.05, 0) is 74.4 Å². The fraction of sp³-hybridized carbons (Fsp3) is 0.464. The molecule has 2 heterocycles. The van der Waals surface area contributed by atoms with E-state index in [-0.39, 0.29) is 11.8 Å². The lowest BCUT2D eigenvalue weighted by atomic mass is 9.96. The highest BCUT2D eigenvalue weighted by molar-refractivity contribution is 6.00. The number of ether oxygens (including phenoxy) is 1. The molecular formula is C28H36N4O4. The van der Waals surface area contributed by atoms with Gasteiger partial charge < -0.3 is 20.1 Å². The molecule has 4 rings (SSSR count). The van der Waals surface area contributed by atoms with Gasteiger partial charge in [-0.15, -0.1) is 0 Å². The predicted molar refractivity (Wildman–Crippen MR) is 139 cm³/mol. The maximum atomic E-state index is 12.9. The summed E-state index contributed by atoms with van der Waals surface area (Å²) in [5.41, 5.74) is 4.18. The van der Waals surface area contributed by atoms with Crippen LogP contribution in [0.1, 0.15) is 51.6 Å². The van der Waals surface area contributed by atoms with Crippen LogP contribution < -0.4 is 5.32 Å². The number of aryl methyl sites for hydroxylation is 1. The summed E-state index contributed by atoms with van der Waals surface area (Å²) in [5, 5.41) is 18.1. The highest BCUT2D eigenvalue weighted by Gasteiger charge is 2.24. The van der Waals surface area contributed by atoms with E-state index in [2.05, 4.69) is 5.32 Å². The Balaban J connectivity index is 1.34. The molecule has 192 valence electrons. The van der Waals surface area contributed by atoms with Crippen LogP contribution in [0.4, 0.5) is 0 Å². The molecule has 1 aliphatic heterocycles. The van der Waals surface area contributed by atoms with Crippen LogP contribution in [0.2, 0.25) is 0 Å². The molecule has 2 N–H and O–H groups in total. The molecule has 0 aliphatic carbocycles. The lowest BCUT2D eigenvalue weighted by molar-refractivity contribution is 0.0681. The normalized spacial score (nSPS) is 15.3. The van der Waals surface area contributed by atoms with Crippen LogP contribution >= 0.6 is 0 Å². The second-order valence-electron chi connectivity index (χ2n) is 9.76. The van der Waals surface area contributed by atoms with Gasteiger partial charge in [-0.3, -0.25) is 14.3 Å². The van der Waals surface area contributed by atoms with Crippen LogP contribution in [0.5, 0.6) is 0 Å². The summed E-state index contributed by atoms with van der Waals surface area (Å²) < 4.78 is 6.98. The number of rotatable bonds is 9. The van der Waals surface area contributed by atoms with E-state index in [9.17, 15) is 14.7 Å². The Bertz CT molecular complexity index is 1190. The monoisotopic (exact) mass is 492 g/mol. The van der Waals surface area contributed by atoms with Crippen molar-refractivity contribution in [1.82, 2.24) is 20.0 Å². The largest absolute Gasteiger partial charge is 0.393 e. The van der Waals surface area contributed by atoms with Crippen LogP contribution in [0.15, 0.2) is 42.6 Å². The number of aliphatic hydroxyl groups excluding tert-OH is 1. The minimum atomic E-state index is -0.394. The van der Waals surface area contributed by atoms with Crippen molar-refractivity contribution in [2.75, 3.05) is 33.4 Å². The van der Waals surface area contributed by atoms with E-state index in [1.807, 2.05) is 59.1 Å². The topological polar surface area (TPSA) is 96.7 Å². The molecule has 8 heteroatoms. The lowest BCUT2D eigenvalue weighted by Crippen LogP contribution is -2.39. The number of nitrogens with zero attached hydrogens (tertiary/aromatic N) is 3. The minimum absolute atomic E-state index is 0.0637. The lowest BCUT2D eigenvalue weighted by Gasteiger charge is -2.32. The number of aromatic nitrogens is 2. The third-order valence-electron chi connectivity index (χ3n) is 6.92. The van der Waals surface area contributed by atoms with E-state index in [1.54, 1.807) is 14.0 Å². The third kappa shape index (κ3) is 6.12. The number of piperidine rings is 1. The number of methoxy groups -OCH3 is 1. The molecule has 2 amide bonds. The maximum Gasteiger partial charge on any atom is 0.253 e. The first kappa shape index (κ1) is 25.9. The SMILES string of the molecule is COCCNC(=O)c1ccc2nn(CC3CCN(C(=O)c4ccc(CC(C)O)cc4)CC3)cc2c1C. The van der Waals surface area contributed by atoms with Crippen molar-refractivity contribution in [3.63, 3.8) is 0 Å². The van der Waals surface area contributed by atoms with E-state index in [4.69, 9.17) is 9.84 Å². The Hall–Kier alpha value is -3.23. The van der Waals surface area contributed by atoms with Gasteiger partial charge in [0.2, 0.25) is 0 Å². The number of likely N-dealkylation sites (tertiary alicyclic amines) is 1. The second kappa shape index (κ2) is 11.7. The van der Waals surface area contributed by atoms with Gasteiger partial charge in [-0.25, -0.2) is 0 Å². The molecule has 8 nitrogen and oxygen atoms in total. The number of fused-ring (bicyclic) bond motifs is 1. The fourth-order valence-corrected chi connectivity index (χ4v) is 4.87. The zero-order valence-corrected chi connectivity index (χ0v) is 21.4. The van der Waals surface area contributed by atoms with Crippen molar-refractivity contribution < 1.29 is 19.4 Å². The van der Waals surface area contributed by atoms with Gasteiger partial charge in [0.25, 0.3) is 11.8 Å². The molecule has 0 bridgehead atoms. The Kier molecular flexibility index (Phi) is 8.38. The fourth-order valence-electron chi connectivity index (χ4n) is 4.87. The molecule has 0 saturated carbocycles. The molecule has 1 fully saturated rings. The van der Waals surface area contributed by atoms with Gasteiger partial charge in [0, 0.05) is 56.0 Å². The van der Waals surface area contributed by atoms with E-state index < -0.39 is 6.10 Å². The number of benzene rings is 2. The number of amides is 2. The molecular weight excluding hydrogens is 456 g/mol. The molecule has 2 aromatic carbocycles. The summed E-state index contributed by atoms with van der Waals surface area (Å²) >= 11 is 0. The van der Waals surface area contributed by atoms with Gasteiger partial charge >= 0.3 is 0 Å². The number of carbonyl (C=O) groups is 2. The third-order valence-corrected chi connectivity index (χ3v) is 6.92. The molecule has 1 aromatic heterocycles. The number of hydrogen-bond acceptors (Lipinski definition) is 5. The highest BCUT2D eigenvalue weighted by Crippen LogP contribution is 2.24. The first-order chi connectivity index (χ1) is 17.4. The first-order valence-electron chi connectivity index (χ1n) is 12.7. The highest BCUT2D eigenvalue weighted by atomic mass is 16.5. The van der Waals surface area contributed by atoms with Crippen molar-refractivity contribution in [3.8, 4) is 0 Å². The summed E-state index contributed by atoms with van der Waals surface area (Å²) in [6.07, 6.45) is 4.07. The van der Waals surface area contributed by atoms with E-state index in [1.165, 1.54) is 0 Å². The Morgan fingerprint density at radius 3 is 2.56 bits per heavy atom. The Morgan fingerprint density at radius 1 is 1.17 bits per heavy atom. The quantitative estimate of drug-likeness (QED) is 0.447. The van der Waals surface area contributed by atoms with Crippen molar-refractivity contribution in [3.05, 3.63) is 64.8 Å². The maximum absolute atomic E-state index is 12.9. The van der Waals surface area contributed by atoms with Gasteiger partial charge in [0.15, 0.2) is 0 Å². The number of hydrogen-bond donors (Lipinski definition) is 2. The standard InChI is InChI=1S/C28H36N4O4/c1-19(33)16-21-4-6-23(7-5-21)28(35)31-13-10-22(11-14-31)17-32-18-25-20(2)24(8-9-26(25)30-32)27(34)29-12-15-36-3/h4-9,18-19,22,33H,10-17H2,1-3H3,(H,29,34). The summed E-state index contributed by atoms with van der Waals surface area (Å²) in [4.78, 5) is 27.4. The zero-order chi connectivity index (χ0) is 25.7.